The molecule has 0 aliphatic carbocycles. The zero-order chi connectivity index (χ0) is 12.0. The van der Waals surface area contributed by atoms with E-state index in [2.05, 4.69) is 5.32 Å². The number of hydrogen-bond donors (Lipinski definition) is 1. The summed E-state index contributed by atoms with van der Waals surface area (Å²) in [6.45, 7) is 1.70. The molecule has 0 heterocycles. The predicted molar refractivity (Wildman–Crippen MR) is 60.3 cm³/mol. The molecule has 16 heavy (non-hydrogen) atoms. The highest BCUT2D eigenvalue weighted by Gasteiger charge is 2.12. The van der Waals surface area contributed by atoms with Crippen LogP contribution in [-0.2, 0) is 4.79 Å². The standard InChI is InChI=1S/C12H13NO3/c1-3-6-11(14)13-12(15)9-7-4-5-8-10(9)16-2/h3-8H,1-2H3,(H,13,14,15)/b6-3+. The van der Waals surface area contributed by atoms with Crippen molar-refractivity contribution in [3.63, 3.8) is 0 Å². The van der Waals surface area contributed by atoms with Gasteiger partial charge in [0, 0.05) is 0 Å². The van der Waals surface area contributed by atoms with E-state index in [1.165, 1.54) is 13.2 Å². The van der Waals surface area contributed by atoms with Crippen molar-refractivity contribution in [2.75, 3.05) is 7.11 Å². The van der Waals surface area contributed by atoms with E-state index in [0.29, 0.717) is 11.3 Å². The van der Waals surface area contributed by atoms with Gasteiger partial charge < -0.3 is 4.74 Å². The van der Waals surface area contributed by atoms with Crippen molar-refractivity contribution in [2.45, 2.75) is 6.92 Å². The maximum atomic E-state index is 11.7. The number of para-hydroxylation sites is 1. The number of rotatable bonds is 3. The van der Waals surface area contributed by atoms with E-state index in [1.807, 2.05) is 0 Å². The summed E-state index contributed by atoms with van der Waals surface area (Å²) in [4.78, 5) is 22.8. The number of allylic oxidation sites excluding steroid dienone is 1. The van der Waals surface area contributed by atoms with E-state index in [4.69, 9.17) is 4.74 Å². The lowest BCUT2D eigenvalue weighted by Gasteiger charge is -2.06. The molecule has 1 aromatic rings. The number of amides is 2. The smallest absolute Gasteiger partial charge is 0.261 e. The molecular weight excluding hydrogens is 206 g/mol. The molecule has 0 saturated carbocycles. The van der Waals surface area contributed by atoms with E-state index in [0.717, 1.165) is 0 Å². The number of imide groups is 1. The number of nitrogens with one attached hydrogen (secondary N) is 1. The lowest BCUT2D eigenvalue weighted by molar-refractivity contribution is -0.115. The fourth-order valence-electron chi connectivity index (χ4n) is 1.20. The highest BCUT2D eigenvalue weighted by molar-refractivity contribution is 6.09. The molecule has 2 amide bonds. The van der Waals surface area contributed by atoms with Gasteiger partial charge in [0.05, 0.1) is 12.7 Å². The molecule has 0 unspecified atom stereocenters. The van der Waals surface area contributed by atoms with Crippen LogP contribution in [0.15, 0.2) is 36.4 Å². The van der Waals surface area contributed by atoms with Crippen molar-refractivity contribution < 1.29 is 14.3 Å². The molecular formula is C12H13NO3. The van der Waals surface area contributed by atoms with Crippen LogP contribution < -0.4 is 10.1 Å². The minimum Gasteiger partial charge on any atom is -0.496 e. The molecule has 0 aromatic heterocycles. The Morgan fingerprint density at radius 2 is 2.00 bits per heavy atom. The van der Waals surface area contributed by atoms with Gasteiger partial charge in [-0.25, -0.2) is 0 Å². The average Bonchev–Trinajstić information content (AvgIpc) is 2.29. The molecule has 4 nitrogen and oxygen atoms in total. The molecule has 0 aliphatic rings. The number of ether oxygens (including phenoxy) is 1. The van der Waals surface area contributed by atoms with Crippen molar-refractivity contribution in [1.29, 1.82) is 0 Å². The number of methoxy groups -OCH3 is 1. The molecule has 0 aliphatic heterocycles. The molecule has 0 saturated heterocycles. The van der Waals surface area contributed by atoms with Crippen LogP contribution in [0.2, 0.25) is 0 Å². The Kier molecular flexibility index (Phi) is 4.27. The Morgan fingerprint density at radius 3 is 2.62 bits per heavy atom. The number of carbonyl (C=O) groups is 2. The molecule has 1 rings (SSSR count). The average molecular weight is 219 g/mol. The molecule has 0 spiro atoms. The number of hydrogen-bond acceptors (Lipinski definition) is 3. The van der Waals surface area contributed by atoms with Gasteiger partial charge in [0.1, 0.15) is 5.75 Å². The highest BCUT2D eigenvalue weighted by atomic mass is 16.5. The summed E-state index contributed by atoms with van der Waals surface area (Å²) in [5, 5.41) is 2.23. The van der Waals surface area contributed by atoms with Crippen LogP contribution in [0.1, 0.15) is 17.3 Å². The Balaban J connectivity index is 2.84. The van der Waals surface area contributed by atoms with Gasteiger partial charge in [-0.1, -0.05) is 18.2 Å². The lowest BCUT2D eigenvalue weighted by Crippen LogP contribution is -2.29. The van der Waals surface area contributed by atoms with Crippen molar-refractivity contribution >= 4 is 11.8 Å². The summed E-state index contributed by atoms with van der Waals surface area (Å²) >= 11 is 0. The minimum absolute atomic E-state index is 0.336. The zero-order valence-corrected chi connectivity index (χ0v) is 9.19. The maximum Gasteiger partial charge on any atom is 0.261 e. The Morgan fingerprint density at radius 1 is 1.31 bits per heavy atom. The van der Waals surface area contributed by atoms with Crippen LogP contribution in [0.3, 0.4) is 0 Å². The molecule has 0 fully saturated rings. The number of benzene rings is 1. The molecule has 4 heteroatoms. The third kappa shape index (κ3) is 2.95. The quantitative estimate of drug-likeness (QED) is 0.784. The first-order valence-corrected chi connectivity index (χ1v) is 4.80. The van der Waals surface area contributed by atoms with Crippen LogP contribution in [-0.4, -0.2) is 18.9 Å². The van der Waals surface area contributed by atoms with Gasteiger partial charge >= 0.3 is 0 Å². The summed E-state index contributed by atoms with van der Waals surface area (Å²) in [6, 6.07) is 6.72. The summed E-state index contributed by atoms with van der Waals surface area (Å²) in [6.07, 6.45) is 2.85. The lowest BCUT2D eigenvalue weighted by atomic mass is 10.2. The zero-order valence-electron chi connectivity index (χ0n) is 9.19. The van der Waals surface area contributed by atoms with Gasteiger partial charge in [-0.2, -0.15) is 0 Å². The SMILES string of the molecule is C/C=C/C(=O)NC(=O)c1ccccc1OC. The normalized spacial score (nSPS) is 10.1. The summed E-state index contributed by atoms with van der Waals surface area (Å²) < 4.78 is 5.02. The Hall–Kier alpha value is -2.10. The van der Waals surface area contributed by atoms with Crippen molar-refractivity contribution in [3.8, 4) is 5.75 Å². The monoisotopic (exact) mass is 219 g/mol. The van der Waals surface area contributed by atoms with Gasteiger partial charge in [-0.3, -0.25) is 14.9 Å². The third-order valence-corrected chi connectivity index (χ3v) is 1.91. The van der Waals surface area contributed by atoms with Gasteiger partial charge in [0.25, 0.3) is 5.91 Å². The highest BCUT2D eigenvalue weighted by Crippen LogP contribution is 2.16. The van der Waals surface area contributed by atoms with Gasteiger partial charge in [0.15, 0.2) is 0 Å². The maximum absolute atomic E-state index is 11.7. The fourth-order valence-corrected chi connectivity index (χ4v) is 1.20. The van der Waals surface area contributed by atoms with E-state index < -0.39 is 11.8 Å². The van der Waals surface area contributed by atoms with Crippen LogP contribution >= 0.6 is 0 Å². The summed E-state index contributed by atoms with van der Waals surface area (Å²) in [5.74, 6) is -0.479. The van der Waals surface area contributed by atoms with Crippen LogP contribution in [0, 0.1) is 0 Å². The van der Waals surface area contributed by atoms with Crippen LogP contribution in [0.5, 0.6) is 5.75 Å². The molecule has 1 N–H and O–H groups in total. The second-order valence-electron chi connectivity index (χ2n) is 3.02. The third-order valence-electron chi connectivity index (χ3n) is 1.91. The van der Waals surface area contributed by atoms with Gasteiger partial charge in [0.2, 0.25) is 5.91 Å². The predicted octanol–water partition coefficient (Wildman–Crippen LogP) is 1.53. The topological polar surface area (TPSA) is 55.4 Å². The first-order chi connectivity index (χ1) is 7.69. The molecule has 0 atom stereocenters. The molecule has 0 bridgehead atoms. The molecule has 1 aromatic carbocycles. The van der Waals surface area contributed by atoms with E-state index in [-0.39, 0.29) is 0 Å². The fraction of sp³-hybridized carbons (Fsp3) is 0.167. The Bertz CT molecular complexity index is 424. The largest absolute Gasteiger partial charge is 0.496 e. The summed E-state index contributed by atoms with van der Waals surface area (Å²) in [7, 11) is 1.47. The van der Waals surface area contributed by atoms with Crippen LogP contribution in [0.4, 0.5) is 0 Å². The minimum atomic E-state index is -0.472. The summed E-state index contributed by atoms with van der Waals surface area (Å²) in [5.41, 5.74) is 0.336. The second-order valence-corrected chi connectivity index (χ2v) is 3.02. The first-order valence-electron chi connectivity index (χ1n) is 4.80. The molecule has 0 radical (unpaired) electrons. The van der Waals surface area contributed by atoms with Crippen molar-refractivity contribution in [1.82, 2.24) is 5.32 Å². The van der Waals surface area contributed by atoms with Crippen molar-refractivity contribution in [3.05, 3.63) is 42.0 Å². The van der Waals surface area contributed by atoms with Crippen molar-refractivity contribution in [2.24, 2.45) is 0 Å². The van der Waals surface area contributed by atoms with E-state index >= 15 is 0 Å². The van der Waals surface area contributed by atoms with Gasteiger partial charge in [-0.15, -0.1) is 0 Å². The van der Waals surface area contributed by atoms with E-state index in [9.17, 15) is 9.59 Å². The Labute approximate surface area is 93.9 Å². The first kappa shape index (κ1) is 12.0. The molecule has 84 valence electrons. The van der Waals surface area contributed by atoms with E-state index in [1.54, 1.807) is 37.3 Å². The second kappa shape index (κ2) is 5.70. The number of carbonyl (C=O) groups excluding carboxylic acids is 2. The van der Waals surface area contributed by atoms with Crippen LogP contribution in [0.25, 0.3) is 0 Å². The van der Waals surface area contributed by atoms with Gasteiger partial charge in [-0.05, 0) is 25.1 Å².